The minimum absolute atomic E-state index is 2.58. The summed E-state index contributed by atoms with van der Waals surface area (Å²) in [7, 11) is 0. The summed E-state index contributed by atoms with van der Waals surface area (Å²) in [4.78, 5) is 0. The van der Waals surface area contributed by atoms with Crippen LogP contribution in [-0.2, 0) is 5.11 Å². The number of hydrogen-bond acceptors (Lipinski definition) is 0. The van der Waals surface area contributed by atoms with E-state index in [2.05, 4.69) is 0 Å². The summed E-state index contributed by atoms with van der Waals surface area (Å²) in [5, 5.41) is 12.5. The molecular weight excluding hydrogens is 466 g/mol. The van der Waals surface area contributed by atoms with Crippen LogP contribution in [0.25, 0.3) is 0 Å². The predicted octanol–water partition coefficient (Wildman–Crippen LogP) is 6.44. The molecule has 12 heteroatoms. The van der Waals surface area contributed by atoms with Crippen LogP contribution < -0.4 is 0 Å². The van der Waals surface area contributed by atoms with Crippen LogP contribution in [-0.4, -0.2) is 21.3 Å². The Morgan fingerprint density at radius 2 is 0.706 bits per heavy atom. The molecule has 0 aromatic carbocycles. The van der Waals surface area contributed by atoms with Crippen LogP contribution in [0.5, 0.6) is 0 Å². The zero-order valence-electron chi connectivity index (χ0n) is 7.07. The molecule has 0 aromatic rings. The number of hydrogen-bond donors (Lipinski definition) is 0. The smallest absolute Gasteiger partial charge is 0.216 e. The summed E-state index contributed by atoms with van der Waals surface area (Å²) in [5.74, 6) is 0. The van der Waals surface area contributed by atoms with E-state index in [4.69, 9.17) is 128 Å². The predicted molar refractivity (Wildman–Crippen MR) is 78.7 cm³/mol. The van der Waals surface area contributed by atoms with E-state index < -0.39 is 21.3 Å². The Balaban J connectivity index is 6.04. The van der Waals surface area contributed by atoms with E-state index in [1.54, 1.807) is 0 Å². The van der Waals surface area contributed by atoms with Gasteiger partial charge in [-0.15, -0.1) is 0 Å². The minimum atomic E-state index is -3.27. The van der Waals surface area contributed by atoms with Crippen LogP contribution in [0.15, 0.2) is 0 Å². The Morgan fingerprint density at radius 1 is 0.471 bits per heavy atom. The van der Waals surface area contributed by atoms with Crippen molar-refractivity contribution in [3.63, 3.8) is 0 Å². The summed E-state index contributed by atoms with van der Waals surface area (Å²) >= 11 is 60.2. The molecule has 0 saturated heterocycles. The molecule has 0 saturated carbocycles. The Labute approximate surface area is 152 Å². The van der Waals surface area contributed by atoms with E-state index in [0.717, 1.165) is 0 Å². The first kappa shape index (κ1) is 20.1. The SMILES string of the molecule is [O]C(C(Cl)(Cl)Cl)(C(Cl)(Cl)Cl)C(Cl)(Cl)C(Cl)(Cl)Cl. The molecular formula is C5Cl11O. The van der Waals surface area contributed by atoms with Gasteiger partial charge >= 0.3 is 0 Å². The van der Waals surface area contributed by atoms with E-state index in [1.807, 2.05) is 0 Å². The normalized spacial score (nSPS) is 16.2. The lowest BCUT2D eigenvalue weighted by molar-refractivity contribution is -0.0368. The van der Waals surface area contributed by atoms with Crippen molar-refractivity contribution >= 4 is 128 Å². The fraction of sp³-hybridized carbons (Fsp3) is 1.00. The van der Waals surface area contributed by atoms with Gasteiger partial charge in [0.25, 0.3) is 0 Å². The molecule has 0 amide bonds. The standard InChI is InChI=1S/C5Cl11O/c6-2(7,5(14,15)16)1(17,3(8,9)10)4(11,12)13. The summed E-state index contributed by atoms with van der Waals surface area (Å²) < 4.78 is -11.0. The van der Waals surface area contributed by atoms with E-state index >= 15 is 0 Å². The summed E-state index contributed by atoms with van der Waals surface area (Å²) in [6.45, 7) is 0. The lowest BCUT2D eigenvalue weighted by atomic mass is 10.0. The first-order valence-corrected chi connectivity index (χ1v) is 7.44. The van der Waals surface area contributed by atoms with Gasteiger partial charge in [0.1, 0.15) is 0 Å². The topological polar surface area (TPSA) is 19.9 Å². The van der Waals surface area contributed by atoms with Crippen LogP contribution in [0.3, 0.4) is 0 Å². The first-order valence-electron chi connectivity index (χ1n) is 3.28. The van der Waals surface area contributed by atoms with Crippen molar-refractivity contribution in [3.8, 4) is 0 Å². The molecule has 0 atom stereocenters. The van der Waals surface area contributed by atoms with Gasteiger partial charge in [-0.05, 0) is 0 Å². The van der Waals surface area contributed by atoms with Crippen molar-refractivity contribution in [2.24, 2.45) is 0 Å². The van der Waals surface area contributed by atoms with Crippen molar-refractivity contribution < 1.29 is 5.11 Å². The maximum Gasteiger partial charge on any atom is 0.233 e. The highest BCUT2D eigenvalue weighted by molar-refractivity contribution is 6.80. The third kappa shape index (κ3) is 3.67. The third-order valence-electron chi connectivity index (χ3n) is 1.60. The Bertz CT molecular complexity index is 266. The molecule has 103 valence electrons. The Hall–Kier alpha value is 3.15. The second-order valence-electron chi connectivity index (χ2n) is 2.75. The second kappa shape index (κ2) is 5.74. The van der Waals surface area contributed by atoms with Gasteiger partial charge in [-0.25, -0.2) is 5.11 Å². The number of rotatable bonds is 1. The largest absolute Gasteiger partial charge is 0.233 e. The van der Waals surface area contributed by atoms with Gasteiger partial charge in [0.2, 0.25) is 21.3 Å². The van der Waals surface area contributed by atoms with E-state index in [0.29, 0.717) is 0 Å². The molecule has 0 spiro atoms. The average molecular weight is 466 g/mol. The highest BCUT2D eigenvalue weighted by Gasteiger charge is 2.77. The van der Waals surface area contributed by atoms with Crippen molar-refractivity contribution in [3.05, 3.63) is 0 Å². The minimum Gasteiger partial charge on any atom is -0.216 e. The lowest BCUT2D eigenvalue weighted by Crippen LogP contribution is -2.67. The number of halogens is 11. The fourth-order valence-electron chi connectivity index (χ4n) is 0.716. The Morgan fingerprint density at radius 3 is 0.765 bits per heavy atom. The molecule has 0 aromatic heterocycles. The van der Waals surface area contributed by atoms with Gasteiger partial charge in [0.15, 0.2) is 0 Å². The van der Waals surface area contributed by atoms with Crippen molar-refractivity contribution in [1.82, 2.24) is 0 Å². The number of alkyl halides is 11. The van der Waals surface area contributed by atoms with Crippen LogP contribution in [0.1, 0.15) is 0 Å². The Kier molecular flexibility index (Phi) is 6.80. The highest BCUT2D eigenvalue weighted by Crippen LogP contribution is 2.65. The van der Waals surface area contributed by atoms with Gasteiger partial charge in [-0.1, -0.05) is 128 Å². The van der Waals surface area contributed by atoms with E-state index in [9.17, 15) is 5.11 Å². The van der Waals surface area contributed by atoms with Gasteiger partial charge < -0.3 is 0 Å². The first-order chi connectivity index (χ1) is 7.00. The quantitative estimate of drug-likeness (QED) is 0.397. The molecule has 0 unspecified atom stereocenters. The van der Waals surface area contributed by atoms with Gasteiger partial charge in [0, 0.05) is 0 Å². The molecule has 1 nitrogen and oxygen atoms in total. The molecule has 0 aliphatic carbocycles. The van der Waals surface area contributed by atoms with Gasteiger partial charge in [-0.3, -0.25) is 0 Å². The average Bonchev–Trinajstić information content (AvgIpc) is 1.95. The zero-order chi connectivity index (χ0) is 14.5. The summed E-state index contributed by atoms with van der Waals surface area (Å²) in [6, 6.07) is 0. The van der Waals surface area contributed by atoms with Crippen molar-refractivity contribution in [2.45, 2.75) is 21.3 Å². The van der Waals surface area contributed by atoms with Crippen molar-refractivity contribution in [1.29, 1.82) is 0 Å². The molecule has 0 heterocycles. The molecule has 0 fully saturated rings. The monoisotopic (exact) mass is 461 g/mol. The molecule has 1 radical (unpaired) electrons. The van der Waals surface area contributed by atoms with Crippen LogP contribution in [0.4, 0.5) is 0 Å². The van der Waals surface area contributed by atoms with Gasteiger partial charge in [-0.2, -0.15) is 0 Å². The molecule has 0 bridgehead atoms. The molecule has 17 heavy (non-hydrogen) atoms. The fourth-order valence-corrected chi connectivity index (χ4v) is 4.40. The van der Waals surface area contributed by atoms with Crippen LogP contribution >= 0.6 is 128 Å². The van der Waals surface area contributed by atoms with Crippen molar-refractivity contribution in [2.75, 3.05) is 0 Å². The second-order valence-corrected chi connectivity index (χ2v) is 10.9. The van der Waals surface area contributed by atoms with Crippen LogP contribution in [0.2, 0.25) is 0 Å². The molecule has 0 N–H and O–H groups in total. The highest BCUT2D eigenvalue weighted by atomic mass is 35.6. The zero-order valence-corrected chi connectivity index (χ0v) is 15.4. The van der Waals surface area contributed by atoms with E-state index in [1.165, 1.54) is 0 Å². The third-order valence-corrected chi connectivity index (χ3v) is 5.72. The maximum atomic E-state index is 12.5. The van der Waals surface area contributed by atoms with Gasteiger partial charge in [0.05, 0.1) is 0 Å². The maximum absolute atomic E-state index is 12.5. The molecule has 0 aliphatic rings. The summed E-state index contributed by atoms with van der Waals surface area (Å²) in [5.41, 5.74) is -3.27. The molecule has 0 aliphatic heterocycles. The summed E-state index contributed by atoms with van der Waals surface area (Å²) in [6.07, 6.45) is 0. The van der Waals surface area contributed by atoms with Crippen LogP contribution in [0, 0.1) is 0 Å². The lowest BCUT2D eigenvalue weighted by Gasteiger charge is -2.47. The van der Waals surface area contributed by atoms with E-state index in [-0.39, 0.29) is 0 Å². The molecule has 0 rings (SSSR count).